The minimum absolute atomic E-state index is 0.00573. The molecule has 0 aromatic heterocycles. The molecule has 0 spiro atoms. The zero-order chi connectivity index (χ0) is 23.5. The fraction of sp³-hybridized carbons (Fsp3) is 0.583. The zero-order valence-corrected chi connectivity index (χ0v) is 19.1. The Morgan fingerprint density at radius 3 is 2.39 bits per heavy atom. The first-order valence-electron chi connectivity index (χ1n) is 10.9. The molecule has 1 aliphatic heterocycles. The van der Waals surface area contributed by atoms with E-state index < -0.39 is 29.4 Å². The summed E-state index contributed by atoms with van der Waals surface area (Å²) in [4.78, 5) is 52.3. The number of hydrogen-bond donors (Lipinski definition) is 0. The van der Waals surface area contributed by atoms with E-state index in [9.17, 15) is 23.6 Å². The van der Waals surface area contributed by atoms with Gasteiger partial charge < -0.3 is 0 Å². The van der Waals surface area contributed by atoms with Gasteiger partial charge in [-0.1, -0.05) is 27.4 Å². The van der Waals surface area contributed by atoms with Crippen LogP contribution in [0.4, 0.5) is 4.39 Å². The smallest absolute Gasteiger partial charge is 0.261 e. The maximum atomic E-state index is 14.2. The van der Waals surface area contributed by atoms with Crippen LogP contribution in [0.3, 0.4) is 0 Å². The predicted molar refractivity (Wildman–Crippen MR) is 116 cm³/mol. The van der Waals surface area contributed by atoms with Crippen LogP contribution in [0, 0.1) is 11.8 Å². The second kappa shape index (κ2) is 9.71. The van der Waals surface area contributed by atoms with Gasteiger partial charge in [-0.2, -0.15) is 0 Å². The third kappa shape index (κ3) is 5.20. The average Bonchev–Trinajstić information content (AvgIpc) is 3.19. The molecule has 1 aliphatic carbocycles. The molecule has 170 valence electrons. The summed E-state index contributed by atoms with van der Waals surface area (Å²) < 4.78 is 14.2. The van der Waals surface area contributed by atoms with Crippen LogP contribution in [0.25, 0.3) is 0 Å². The van der Waals surface area contributed by atoms with Crippen molar-refractivity contribution in [2.45, 2.75) is 72.0 Å². The maximum absolute atomic E-state index is 14.2. The molecule has 0 radical (unpaired) electrons. The second-order valence-electron chi connectivity index (χ2n) is 8.93. The number of rotatable bonds is 8. The van der Waals surface area contributed by atoms with Gasteiger partial charge in [0.05, 0.1) is 0 Å². The van der Waals surface area contributed by atoms with Crippen molar-refractivity contribution < 1.29 is 23.6 Å². The molecule has 2 aliphatic rings. The van der Waals surface area contributed by atoms with Crippen molar-refractivity contribution >= 4 is 23.6 Å². The van der Waals surface area contributed by atoms with Crippen molar-refractivity contribution in [2.75, 3.05) is 6.54 Å². The van der Waals surface area contributed by atoms with Gasteiger partial charge in [0.1, 0.15) is 6.17 Å². The van der Waals surface area contributed by atoms with E-state index in [1.165, 1.54) is 30.1 Å². The minimum atomic E-state index is -1.04. The number of nitrogens with zero attached hydrogens (tertiary/aromatic N) is 2. The Balaban J connectivity index is 2.11. The molecule has 0 saturated heterocycles. The van der Waals surface area contributed by atoms with Crippen molar-refractivity contribution in [1.29, 1.82) is 0 Å². The molecule has 3 atom stereocenters. The fourth-order valence-electron chi connectivity index (χ4n) is 4.24. The molecule has 31 heavy (non-hydrogen) atoms. The lowest BCUT2D eigenvalue weighted by molar-refractivity contribution is -0.145. The van der Waals surface area contributed by atoms with Crippen LogP contribution < -0.4 is 0 Å². The molecule has 0 aromatic rings. The fourth-order valence-corrected chi connectivity index (χ4v) is 4.24. The van der Waals surface area contributed by atoms with Gasteiger partial charge in [-0.25, -0.2) is 4.39 Å². The molecule has 1 saturated carbocycles. The Kier molecular flexibility index (Phi) is 7.73. The average molecular weight is 433 g/mol. The highest BCUT2D eigenvalue weighted by molar-refractivity contribution is 6.18. The first kappa shape index (κ1) is 24.7. The van der Waals surface area contributed by atoms with Crippen LogP contribution in [-0.2, 0) is 19.2 Å². The molecule has 7 heteroatoms. The van der Waals surface area contributed by atoms with Crippen LogP contribution in [0.15, 0.2) is 36.0 Å². The zero-order valence-electron chi connectivity index (χ0n) is 19.1. The van der Waals surface area contributed by atoms with E-state index in [1.54, 1.807) is 0 Å². The highest BCUT2D eigenvalue weighted by atomic mass is 19.1. The molecule has 4 amide bonds. The first-order chi connectivity index (χ1) is 14.4. The van der Waals surface area contributed by atoms with E-state index in [0.29, 0.717) is 25.7 Å². The van der Waals surface area contributed by atoms with Gasteiger partial charge in [0, 0.05) is 42.1 Å². The largest absolute Gasteiger partial charge is 0.278 e. The summed E-state index contributed by atoms with van der Waals surface area (Å²) in [6.45, 7) is 12.6. The van der Waals surface area contributed by atoms with Crippen LogP contribution in [0.1, 0.15) is 60.3 Å². The molecule has 0 N–H and O–H groups in total. The van der Waals surface area contributed by atoms with Gasteiger partial charge in [-0.3, -0.25) is 29.0 Å². The third-order valence-electron chi connectivity index (χ3n) is 6.64. The SMILES string of the molecule is C=C(/C=C\C1=CC(=O)N(C(C)(CC)CC)C1=O)C(=O)N(CC1CC(C)CC1F)C(C)=O. The molecule has 0 aromatic carbocycles. The molecule has 1 fully saturated rings. The van der Waals surface area contributed by atoms with E-state index in [-0.39, 0.29) is 35.4 Å². The quantitative estimate of drug-likeness (QED) is 0.333. The van der Waals surface area contributed by atoms with Crippen molar-refractivity contribution in [3.8, 4) is 0 Å². The van der Waals surface area contributed by atoms with Crippen LogP contribution in [-0.4, -0.2) is 51.7 Å². The Hall–Kier alpha value is -2.57. The molecule has 3 unspecified atom stereocenters. The second-order valence-corrected chi connectivity index (χ2v) is 8.93. The summed E-state index contributed by atoms with van der Waals surface area (Å²) in [5.41, 5.74) is -0.431. The van der Waals surface area contributed by atoms with E-state index >= 15 is 0 Å². The highest BCUT2D eigenvalue weighted by Gasteiger charge is 2.41. The number of carbonyl (C=O) groups excluding carboxylic acids is 4. The highest BCUT2D eigenvalue weighted by Crippen LogP contribution is 2.34. The van der Waals surface area contributed by atoms with Gasteiger partial charge in [-0.15, -0.1) is 0 Å². The standard InChI is InChI=1S/C24H33FN2O4/c1-7-24(6,8-2)27-21(29)13-18(23(27)31)10-9-16(4)22(30)26(17(5)28)14-19-11-15(3)12-20(19)25/h9-10,13,15,19-20H,4,7-8,11-12,14H2,1-3,5-6H3/b10-9-. The Bertz CT molecular complexity index is 841. The van der Waals surface area contributed by atoms with Gasteiger partial charge in [-0.05, 0) is 50.7 Å². The van der Waals surface area contributed by atoms with Crippen LogP contribution in [0.5, 0.6) is 0 Å². The van der Waals surface area contributed by atoms with Gasteiger partial charge in [0.2, 0.25) is 5.91 Å². The Morgan fingerprint density at radius 1 is 1.29 bits per heavy atom. The van der Waals surface area contributed by atoms with E-state index in [0.717, 1.165) is 4.90 Å². The van der Waals surface area contributed by atoms with Gasteiger partial charge in [0.15, 0.2) is 0 Å². The molecular weight excluding hydrogens is 399 g/mol. The number of carbonyl (C=O) groups is 4. The summed E-state index contributed by atoms with van der Waals surface area (Å²) in [7, 11) is 0. The molecule has 2 rings (SSSR count). The number of halogens is 1. The molecule has 6 nitrogen and oxygen atoms in total. The summed E-state index contributed by atoms with van der Waals surface area (Å²) in [5.74, 6) is -2.09. The lowest BCUT2D eigenvalue weighted by atomic mass is 9.93. The van der Waals surface area contributed by atoms with Crippen molar-refractivity contribution in [1.82, 2.24) is 9.80 Å². The number of imide groups is 2. The summed E-state index contributed by atoms with van der Waals surface area (Å²) in [6.07, 6.45) is 5.21. The van der Waals surface area contributed by atoms with Crippen LogP contribution >= 0.6 is 0 Å². The third-order valence-corrected chi connectivity index (χ3v) is 6.64. The van der Waals surface area contributed by atoms with Crippen LogP contribution in [0.2, 0.25) is 0 Å². The molecule has 0 bridgehead atoms. The van der Waals surface area contributed by atoms with Crippen molar-refractivity contribution in [2.24, 2.45) is 11.8 Å². The summed E-state index contributed by atoms with van der Waals surface area (Å²) >= 11 is 0. The lowest BCUT2D eigenvalue weighted by Gasteiger charge is -2.35. The lowest BCUT2D eigenvalue weighted by Crippen LogP contribution is -2.49. The Morgan fingerprint density at radius 2 is 1.90 bits per heavy atom. The number of amides is 4. The minimum Gasteiger partial charge on any atom is -0.278 e. The maximum Gasteiger partial charge on any atom is 0.261 e. The normalized spacial score (nSPS) is 24.1. The van der Waals surface area contributed by atoms with E-state index in [2.05, 4.69) is 6.58 Å². The van der Waals surface area contributed by atoms with Crippen molar-refractivity contribution in [3.05, 3.63) is 36.0 Å². The van der Waals surface area contributed by atoms with Crippen molar-refractivity contribution in [3.63, 3.8) is 0 Å². The van der Waals surface area contributed by atoms with Gasteiger partial charge >= 0.3 is 0 Å². The first-order valence-corrected chi connectivity index (χ1v) is 10.9. The monoisotopic (exact) mass is 432 g/mol. The summed E-state index contributed by atoms with van der Waals surface area (Å²) in [6, 6.07) is 0. The van der Waals surface area contributed by atoms with E-state index in [4.69, 9.17) is 0 Å². The topological polar surface area (TPSA) is 74.8 Å². The summed E-state index contributed by atoms with van der Waals surface area (Å²) in [5, 5.41) is 0. The Labute approximate surface area is 183 Å². The predicted octanol–water partition coefficient (Wildman–Crippen LogP) is 3.73. The number of hydrogen-bond acceptors (Lipinski definition) is 4. The van der Waals surface area contributed by atoms with E-state index in [1.807, 2.05) is 27.7 Å². The number of alkyl halides is 1. The molecular formula is C24H33FN2O4. The van der Waals surface area contributed by atoms with Gasteiger partial charge in [0.25, 0.3) is 17.7 Å². The molecule has 1 heterocycles.